The van der Waals surface area contributed by atoms with Crippen LogP contribution in [0.25, 0.3) is 0 Å². The van der Waals surface area contributed by atoms with Crippen LogP contribution in [0, 0.1) is 0 Å². The van der Waals surface area contributed by atoms with Crippen molar-refractivity contribution in [3.05, 3.63) is 0 Å². The normalized spacial score (nSPS) is 12.6. The Morgan fingerprint density at radius 2 is 0.833 bits per heavy atom. The summed E-state index contributed by atoms with van der Waals surface area (Å²) in [5, 5.41) is 0. The van der Waals surface area contributed by atoms with Crippen molar-refractivity contribution in [3.8, 4) is 0 Å². The van der Waals surface area contributed by atoms with Crippen molar-refractivity contribution in [2.75, 3.05) is 6.54 Å². The Morgan fingerprint density at radius 3 is 1.17 bits per heavy atom. The van der Waals surface area contributed by atoms with E-state index in [0.29, 0.717) is 6.04 Å². The van der Waals surface area contributed by atoms with Crippen molar-refractivity contribution in [3.63, 3.8) is 0 Å². The maximum absolute atomic E-state index is 5.97. The average molecular weight is 341 g/mol. The smallest absolute Gasteiger partial charge is 0.00508 e. The second-order valence-corrected chi connectivity index (χ2v) is 7.78. The lowest BCUT2D eigenvalue weighted by Crippen LogP contribution is -2.23. The molecule has 4 N–H and O–H groups in total. The average Bonchev–Trinajstić information content (AvgIpc) is 2.58. The predicted molar refractivity (Wildman–Crippen MR) is 110 cm³/mol. The van der Waals surface area contributed by atoms with E-state index in [9.17, 15) is 0 Å². The Kier molecular flexibility index (Phi) is 20.9. The van der Waals surface area contributed by atoms with Crippen LogP contribution in [0.2, 0.25) is 0 Å². The molecule has 0 saturated heterocycles. The van der Waals surface area contributed by atoms with E-state index in [1.807, 2.05) is 0 Å². The van der Waals surface area contributed by atoms with E-state index in [4.69, 9.17) is 11.5 Å². The Morgan fingerprint density at radius 1 is 0.500 bits per heavy atom. The van der Waals surface area contributed by atoms with Crippen molar-refractivity contribution >= 4 is 0 Å². The monoisotopic (exact) mass is 340 g/mol. The second-order valence-electron chi connectivity index (χ2n) is 7.78. The molecule has 2 nitrogen and oxygen atoms in total. The number of hydrogen-bond donors (Lipinski definition) is 2. The first kappa shape index (κ1) is 23.9. The molecule has 24 heavy (non-hydrogen) atoms. The van der Waals surface area contributed by atoms with Crippen LogP contribution in [0.3, 0.4) is 0 Å². The summed E-state index contributed by atoms with van der Waals surface area (Å²) < 4.78 is 0. The molecule has 0 amide bonds. The zero-order chi connectivity index (χ0) is 17.7. The summed E-state index contributed by atoms with van der Waals surface area (Å²) in [6.07, 6.45) is 26.5. The van der Waals surface area contributed by atoms with Gasteiger partial charge >= 0.3 is 0 Å². The zero-order valence-electron chi connectivity index (χ0n) is 16.9. The van der Waals surface area contributed by atoms with Crippen LogP contribution in [-0.2, 0) is 0 Å². The van der Waals surface area contributed by atoms with Crippen LogP contribution in [0.5, 0.6) is 0 Å². The Hall–Kier alpha value is -0.0800. The van der Waals surface area contributed by atoms with Gasteiger partial charge in [0.25, 0.3) is 0 Å². The van der Waals surface area contributed by atoms with Gasteiger partial charge < -0.3 is 11.5 Å². The molecule has 0 aliphatic carbocycles. The van der Waals surface area contributed by atoms with Gasteiger partial charge in [-0.1, -0.05) is 116 Å². The lowest BCUT2D eigenvalue weighted by atomic mass is 10.0. The molecular weight excluding hydrogens is 292 g/mol. The minimum absolute atomic E-state index is 0.339. The Bertz CT molecular complexity index is 218. The first-order valence-electron chi connectivity index (χ1n) is 11.3. The molecule has 0 aromatic rings. The lowest BCUT2D eigenvalue weighted by Gasteiger charge is -2.09. The molecule has 1 unspecified atom stereocenters. The van der Waals surface area contributed by atoms with Gasteiger partial charge in [-0.2, -0.15) is 0 Å². The maximum atomic E-state index is 5.97. The van der Waals surface area contributed by atoms with Gasteiger partial charge in [0.1, 0.15) is 0 Å². The van der Waals surface area contributed by atoms with Crippen molar-refractivity contribution in [2.24, 2.45) is 11.5 Å². The molecule has 0 aromatic heterocycles. The van der Waals surface area contributed by atoms with Crippen molar-refractivity contribution in [1.29, 1.82) is 0 Å². The highest BCUT2D eigenvalue weighted by Gasteiger charge is 2.00. The summed E-state index contributed by atoms with van der Waals surface area (Å²) in [6, 6.07) is 0.339. The van der Waals surface area contributed by atoms with Crippen LogP contribution in [-0.4, -0.2) is 12.6 Å². The number of nitrogens with two attached hydrogens (primary N) is 2. The molecule has 0 spiro atoms. The second kappa shape index (κ2) is 21.0. The largest absolute Gasteiger partial charge is 0.330 e. The van der Waals surface area contributed by atoms with Gasteiger partial charge in [-0.15, -0.1) is 0 Å². The molecule has 146 valence electrons. The van der Waals surface area contributed by atoms with Crippen LogP contribution >= 0.6 is 0 Å². The van der Waals surface area contributed by atoms with E-state index >= 15 is 0 Å². The highest BCUT2D eigenvalue weighted by molar-refractivity contribution is 4.61. The third kappa shape index (κ3) is 20.0. The van der Waals surface area contributed by atoms with Crippen molar-refractivity contribution in [1.82, 2.24) is 0 Å². The van der Waals surface area contributed by atoms with E-state index < -0.39 is 0 Å². The quantitative estimate of drug-likeness (QED) is 0.242. The van der Waals surface area contributed by atoms with Crippen LogP contribution in [0.15, 0.2) is 0 Å². The van der Waals surface area contributed by atoms with Gasteiger partial charge in [0.15, 0.2) is 0 Å². The topological polar surface area (TPSA) is 52.0 Å². The summed E-state index contributed by atoms with van der Waals surface area (Å²) in [5.41, 5.74) is 11.5. The number of rotatable bonds is 20. The minimum Gasteiger partial charge on any atom is -0.330 e. The molecular formula is C22H48N2. The van der Waals surface area contributed by atoms with Gasteiger partial charge in [0, 0.05) is 6.04 Å². The summed E-state index contributed by atoms with van der Waals surface area (Å²) in [7, 11) is 0. The fourth-order valence-corrected chi connectivity index (χ4v) is 3.49. The van der Waals surface area contributed by atoms with Gasteiger partial charge in [-0.3, -0.25) is 0 Å². The van der Waals surface area contributed by atoms with E-state index in [-0.39, 0.29) is 0 Å². The van der Waals surface area contributed by atoms with Crippen molar-refractivity contribution < 1.29 is 0 Å². The van der Waals surface area contributed by atoms with E-state index in [0.717, 1.165) is 19.4 Å². The Labute approximate surface area is 153 Å². The predicted octanol–water partition coefficient (Wildman–Crippen LogP) is 6.70. The first-order valence-corrected chi connectivity index (χ1v) is 11.3. The fourth-order valence-electron chi connectivity index (χ4n) is 3.49. The zero-order valence-corrected chi connectivity index (χ0v) is 16.9. The van der Waals surface area contributed by atoms with Crippen molar-refractivity contribution in [2.45, 2.75) is 135 Å². The molecule has 0 saturated carbocycles. The van der Waals surface area contributed by atoms with E-state index in [1.54, 1.807) is 0 Å². The molecule has 1 atom stereocenters. The van der Waals surface area contributed by atoms with Gasteiger partial charge in [-0.25, -0.2) is 0 Å². The Balaban J connectivity index is 3.00. The molecule has 0 fully saturated rings. The molecule has 0 heterocycles. The van der Waals surface area contributed by atoms with Gasteiger partial charge in [0.2, 0.25) is 0 Å². The molecule has 0 rings (SSSR count). The molecule has 2 heteroatoms. The highest BCUT2D eigenvalue weighted by atomic mass is 14.6. The molecule has 0 radical (unpaired) electrons. The number of unbranched alkanes of at least 4 members (excludes halogenated alkanes) is 16. The third-order valence-electron chi connectivity index (χ3n) is 5.22. The molecule has 0 bridgehead atoms. The van der Waals surface area contributed by atoms with Gasteiger partial charge in [-0.05, 0) is 19.4 Å². The minimum atomic E-state index is 0.339. The van der Waals surface area contributed by atoms with Crippen LogP contribution < -0.4 is 11.5 Å². The summed E-state index contributed by atoms with van der Waals surface area (Å²) >= 11 is 0. The van der Waals surface area contributed by atoms with Gasteiger partial charge in [0.05, 0.1) is 0 Å². The number of hydrogen-bond acceptors (Lipinski definition) is 2. The molecule has 0 aliphatic rings. The van der Waals surface area contributed by atoms with Crippen LogP contribution in [0.4, 0.5) is 0 Å². The summed E-state index contributed by atoms with van der Waals surface area (Å²) in [6.45, 7) is 3.03. The SMILES string of the molecule is CCCCCCCCCCCCCCCCCCCC(N)CCN. The van der Waals surface area contributed by atoms with E-state index in [2.05, 4.69) is 6.92 Å². The highest BCUT2D eigenvalue weighted by Crippen LogP contribution is 2.14. The maximum Gasteiger partial charge on any atom is 0.00508 e. The first-order chi connectivity index (χ1) is 11.8. The fraction of sp³-hybridized carbons (Fsp3) is 1.00. The lowest BCUT2D eigenvalue weighted by molar-refractivity contribution is 0.504. The van der Waals surface area contributed by atoms with E-state index in [1.165, 1.54) is 109 Å². The molecule has 0 aromatic carbocycles. The summed E-state index contributed by atoms with van der Waals surface area (Å²) in [5.74, 6) is 0. The molecule has 0 aliphatic heterocycles. The standard InChI is InChI=1S/C22H48N2/c1-2-3-4-5-6-7-8-9-10-11-12-13-14-15-16-17-18-19-22(24)20-21-23/h22H,2-21,23-24H2,1H3. The third-order valence-corrected chi connectivity index (χ3v) is 5.22. The summed E-state index contributed by atoms with van der Waals surface area (Å²) in [4.78, 5) is 0. The van der Waals surface area contributed by atoms with Crippen LogP contribution in [0.1, 0.15) is 129 Å².